The van der Waals surface area contributed by atoms with Crippen molar-refractivity contribution in [2.75, 3.05) is 19.6 Å². The van der Waals surface area contributed by atoms with Gasteiger partial charge in [-0.15, -0.1) is 0 Å². The van der Waals surface area contributed by atoms with Crippen molar-refractivity contribution in [3.05, 3.63) is 24.3 Å². The second kappa shape index (κ2) is 4.47. The first-order chi connectivity index (χ1) is 7.95. The Morgan fingerprint density at radius 2 is 2.06 bits per heavy atom. The standard InChI is InChI=1S/C12H18N4/c1-2-8-16-9-7-13-11(10(16)4-1)12-14-5-3-6-15-12/h3,5-6,10-11,13H,1-2,4,7-9H2. The zero-order valence-corrected chi connectivity index (χ0v) is 9.47. The Balaban J connectivity index is 1.83. The number of nitrogens with one attached hydrogen (secondary N) is 1. The summed E-state index contributed by atoms with van der Waals surface area (Å²) in [5.74, 6) is 0.958. The first kappa shape index (κ1) is 10.2. The number of fused-ring (bicyclic) bond motifs is 1. The van der Waals surface area contributed by atoms with E-state index in [0.29, 0.717) is 12.1 Å². The van der Waals surface area contributed by atoms with Gasteiger partial charge in [-0.05, 0) is 25.5 Å². The van der Waals surface area contributed by atoms with Gasteiger partial charge in [0.25, 0.3) is 0 Å². The SMILES string of the molecule is c1cnc(C2NCCN3CCCCC23)nc1. The fourth-order valence-corrected chi connectivity index (χ4v) is 2.91. The van der Waals surface area contributed by atoms with Gasteiger partial charge in [-0.25, -0.2) is 9.97 Å². The molecule has 4 nitrogen and oxygen atoms in total. The molecule has 86 valence electrons. The van der Waals surface area contributed by atoms with Gasteiger partial charge in [-0.2, -0.15) is 0 Å². The molecule has 2 saturated heterocycles. The Hall–Kier alpha value is -1.00. The second-order valence-electron chi connectivity index (χ2n) is 4.64. The second-order valence-corrected chi connectivity index (χ2v) is 4.64. The number of nitrogens with zero attached hydrogens (tertiary/aromatic N) is 3. The van der Waals surface area contributed by atoms with Crippen LogP contribution in [0.25, 0.3) is 0 Å². The molecule has 3 rings (SSSR count). The summed E-state index contributed by atoms with van der Waals surface area (Å²) in [7, 11) is 0. The number of rotatable bonds is 1. The molecule has 2 fully saturated rings. The third-order valence-electron chi connectivity index (χ3n) is 3.68. The summed E-state index contributed by atoms with van der Waals surface area (Å²) in [5.41, 5.74) is 0. The number of hydrogen-bond donors (Lipinski definition) is 1. The van der Waals surface area contributed by atoms with E-state index in [9.17, 15) is 0 Å². The highest BCUT2D eigenvalue weighted by atomic mass is 15.2. The van der Waals surface area contributed by atoms with Gasteiger partial charge in [0.15, 0.2) is 0 Å². The Morgan fingerprint density at radius 1 is 1.19 bits per heavy atom. The molecule has 1 aromatic rings. The van der Waals surface area contributed by atoms with Crippen molar-refractivity contribution in [2.45, 2.75) is 31.3 Å². The number of piperidine rings is 1. The minimum absolute atomic E-state index is 0.329. The maximum absolute atomic E-state index is 4.39. The molecule has 2 aliphatic heterocycles. The lowest BCUT2D eigenvalue weighted by atomic mass is 9.93. The molecule has 1 N–H and O–H groups in total. The average molecular weight is 218 g/mol. The fourth-order valence-electron chi connectivity index (χ4n) is 2.91. The lowest BCUT2D eigenvalue weighted by Crippen LogP contribution is -2.55. The summed E-state index contributed by atoms with van der Waals surface area (Å²) in [6, 6.07) is 2.81. The molecule has 0 radical (unpaired) electrons. The van der Waals surface area contributed by atoms with Gasteiger partial charge in [0.2, 0.25) is 0 Å². The molecular formula is C12H18N4. The highest BCUT2D eigenvalue weighted by molar-refractivity contribution is 5.04. The van der Waals surface area contributed by atoms with Gasteiger partial charge in [0, 0.05) is 31.5 Å². The van der Waals surface area contributed by atoms with Crippen LogP contribution < -0.4 is 5.32 Å². The van der Waals surface area contributed by atoms with Crippen LogP contribution in [0.3, 0.4) is 0 Å². The highest BCUT2D eigenvalue weighted by Crippen LogP contribution is 2.28. The largest absolute Gasteiger partial charge is 0.305 e. The zero-order chi connectivity index (χ0) is 10.8. The maximum atomic E-state index is 4.39. The lowest BCUT2D eigenvalue weighted by Gasteiger charge is -2.44. The van der Waals surface area contributed by atoms with Crippen LogP contribution in [-0.4, -0.2) is 40.5 Å². The van der Waals surface area contributed by atoms with E-state index >= 15 is 0 Å². The van der Waals surface area contributed by atoms with Gasteiger partial charge >= 0.3 is 0 Å². The Labute approximate surface area is 96.1 Å². The normalized spacial score (nSPS) is 31.0. The molecule has 2 aliphatic rings. The van der Waals surface area contributed by atoms with Crippen LogP contribution in [0.4, 0.5) is 0 Å². The number of aromatic nitrogens is 2. The van der Waals surface area contributed by atoms with Crippen LogP contribution in [0.15, 0.2) is 18.5 Å². The van der Waals surface area contributed by atoms with Crippen molar-refractivity contribution < 1.29 is 0 Å². The van der Waals surface area contributed by atoms with Crippen molar-refractivity contribution in [3.8, 4) is 0 Å². The molecule has 16 heavy (non-hydrogen) atoms. The summed E-state index contributed by atoms with van der Waals surface area (Å²) in [6.45, 7) is 3.48. The summed E-state index contributed by atoms with van der Waals surface area (Å²) in [4.78, 5) is 11.4. The number of hydrogen-bond acceptors (Lipinski definition) is 4. The third-order valence-corrected chi connectivity index (χ3v) is 3.68. The Bertz CT molecular complexity index is 338. The predicted octanol–water partition coefficient (Wildman–Crippen LogP) is 0.975. The fraction of sp³-hybridized carbons (Fsp3) is 0.667. The minimum atomic E-state index is 0.329. The van der Waals surface area contributed by atoms with Gasteiger partial charge in [-0.1, -0.05) is 6.42 Å². The van der Waals surface area contributed by atoms with E-state index in [1.807, 2.05) is 18.5 Å². The molecule has 0 aliphatic carbocycles. The third kappa shape index (κ3) is 1.83. The summed E-state index contributed by atoms with van der Waals surface area (Å²) < 4.78 is 0. The molecule has 2 atom stereocenters. The molecule has 3 heterocycles. The predicted molar refractivity (Wildman–Crippen MR) is 62.0 cm³/mol. The van der Waals surface area contributed by atoms with Crippen LogP contribution in [0.5, 0.6) is 0 Å². The smallest absolute Gasteiger partial charge is 0.146 e. The van der Waals surface area contributed by atoms with E-state index in [2.05, 4.69) is 20.2 Å². The first-order valence-electron chi connectivity index (χ1n) is 6.19. The maximum Gasteiger partial charge on any atom is 0.146 e. The van der Waals surface area contributed by atoms with E-state index in [-0.39, 0.29) is 0 Å². The summed E-state index contributed by atoms with van der Waals surface area (Å²) >= 11 is 0. The molecule has 0 saturated carbocycles. The number of piperazine rings is 1. The molecule has 0 aromatic carbocycles. The topological polar surface area (TPSA) is 41.1 Å². The molecule has 0 bridgehead atoms. The van der Waals surface area contributed by atoms with Crippen LogP contribution in [-0.2, 0) is 0 Å². The molecule has 0 spiro atoms. The average Bonchev–Trinajstić information content (AvgIpc) is 2.39. The zero-order valence-electron chi connectivity index (χ0n) is 9.47. The quantitative estimate of drug-likeness (QED) is 0.763. The highest BCUT2D eigenvalue weighted by Gasteiger charge is 2.34. The Kier molecular flexibility index (Phi) is 2.84. The van der Waals surface area contributed by atoms with Crippen molar-refractivity contribution in [3.63, 3.8) is 0 Å². The van der Waals surface area contributed by atoms with Crippen LogP contribution in [0, 0.1) is 0 Å². The van der Waals surface area contributed by atoms with E-state index in [1.54, 1.807) is 0 Å². The van der Waals surface area contributed by atoms with Crippen molar-refractivity contribution in [1.29, 1.82) is 0 Å². The first-order valence-corrected chi connectivity index (χ1v) is 6.19. The molecule has 1 aromatic heterocycles. The van der Waals surface area contributed by atoms with Crippen LogP contribution in [0.1, 0.15) is 31.1 Å². The molecule has 0 amide bonds. The van der Waals surface area contributed by atoms with Gasteiger partial charge in [0.05, 0.1) is 6.04 Å². The summed E-state index contributed by atoms with van der Waals surface area (Å²) in [5, 5.41) is 3.57. The van der Waals surface area contributed by atoms with E-state index in [0.717, 1.165) is 12.4 Å². The van der Waals surface area contributed by atoms with Gasteiger partial charge in [0.1, 0.15) is 5.82 Å². The van der Waals surface area contributed by atoms with E-state index < -0.39 is 0 Å². The van der Waals surface area contributed by atoms with Crippen LogP contribution >= 0.6 is 0 Å². The van der Waals surface area contributed by atoms with E-state index in [1.165, 1.54) is 32.4 Å². The minimum Gasteiger partial charge on any atom is -0.305 e. The van der Waals surface area contributed by atoms with Gasteiger partial charge in [-0.3, -0.25) is 4.90 Å². The lowest BCUT2D eigenvalue weighted by molar-refractivity contribution is 0.0800. The Morgan fingerprint density at radius 3 is 2.94 bits per heavy atom. The monoisotopic (exact) mass is 218 g/mol. The van der Waals surface area contributed by atoms with Crippen molar-refractivity contribution in [1.82, 2.24) is 20.2 Å². The molecule has 4 heteroatoms. The van der Waals surface area contributed by atoms with Gasteiger partial charge < -0.3 is 5.32 Å². The molecule has 2 unspecified atom stereocenters. The van der Waals surface area contributed by atoms with Crippen LogP contribution in [0.2, 0.25) is 0 Å². The van der Waals surface area contributed by atoms with E-state index in [4.69, 9.17) is 0 Å². The summed E-state index contributed by atoms with van der Waals surface area (Å²) in [6.07, 6.45) is 7.64. The molecular weight excluding hydrogens is 200 g/mol. The van der Waals surface area contributed by atoms with Crippen molar-refractivity contribution in [2.24, 2.45) is 0 Å². The van der Waals surface area contributed by atoms with Crippen molar-refractivity contribution >= 4 is 0 Å².